The third-order valence-corrected chi connectivity index (χ3v) is 6.08. The molecule has 188 valence electrons. The van der Waals surface area contributed by atoms with Gasteiger partial charge in [0.05, 0.1) is 19.3 Å². The fourth-order valence-corrected chi connectivity index (χ4v) is 4.27. The first-order valence-electron chi connectivity index (χ1n) is 11.6. The summed E-state index contributed by atoms with van der Waals surface area (Å²) in [5.41, 5.74) is 0.506. The van der Waals surface area contributed by atoms with E-state index in [1.54, 1.807) is 13.2 Å². The predicted octanol–water partition coefficient (Wildman–Crippen LogP) is 5.54. The molecule has 0 aliphatic rings. The number of carbonyl (C=O) groups excluding carboxylic acids is 1. The highest BCUT2D eigenvalue weighted by Crippen LogP contribution is 2.37. The molecule has 34 heavy (non-hydrogen) atoms. The van der Waals surface area contributed by atoms with E-state index in [9.17, 15) is 4.79 Å². The van der Waals surface area contributed by atoms with E-state index in [4.69, 9.17) is 9.57 Å². The number of ether oxygens (including phenoxy) is 1. The Balaban J connectivity index is 2.19. The van der Waals surface area contributed by atoms with Gasteiger partial charge in [-0.15, -0.1) is 22.0 Å². The van der Waals surface area contributed by atoms with Gasteiger partial charge in [0.15, 0.2) is 0 Å². The molecular formula is C23H35BrN6O3S. The minimum Gasteiger partial charge on any atom is -0.494 e. The first kappa shape index (κ1) is 28.1. The summed E-state index contributed by atoms with van der Waals surface area (Å²) in [7, 11) is 1.55. The number of carbonyl (C=O) groups is 1. The molecule has 0 bridgehead atoms. The van der Waals surface area contributed by atoms with Gasteiger partial charge in [-0.1, -0.05) is 74.0 Å². The van der Waals surface area contributed by atoms with Crippen molar-refractivity contribution in [2.24, 2.45) is 11.1 Å². The van der Waals surface area contributed by atoms with Gasteiger partial charge in [-0.25, -0.2) is 0 Å². The maximum Gasteiger partial charge on any atom is 0.281 e. The third kappa shape index (κ3) is 8.90. The summed E-state index contributed by atoms with van der Waals surface area (Å²) in [6, 6.07) is 3.69. The monoisotopic (exact) mass is 554 g/mol. The lowest BCUT2D eigenvalue weighted by molar-refractivity contribution is -0.110. The van der Waals surface area contributed by atoms with Crippen molar-refractivity contribution in [3.63, 3.8) is 0 Å². The average Bonchev–Trinajstić information content (AvgIpc) is 3.27. The topological polar surface area (TPSA) is 104 Å². The number of halogens is 1. The van der Waals surface area contributed by atoms with Gasteiger partial charge in [0.2, 0.25) is 11.5 Å². The lowest BCUT2D eigenvalue weighted by Gasteiger charge is -2.14. The van der Waals surface area contributed by atoms with E-state index in [-0.39, 0.29) is 17.5 Å². The van der Waals surface area contributed by atoms with Gasteiger partial charge in [-0.05, 0) is 35.9 Å². The van der Waals surface area contributed by atoms with E-state index in [1.807, 2.05) is 26.2 Å². The van der Waals surface area contributed by atoms with Crippen LogP contribution < -0.4 is 10.1 Å². The zero-order chi connectivity index (χ0) is 24.9. The Hall–Kier alpha value is -2.14. The molecule has 9 nitrogen and oxygen atoms in total. The van der Waals surface area contributed by atoms with Crippen molar-refractivity contribution in [1.82, 2.24) is 20.2 Å². The van der Waals surface area contributed by atoms with E-state index in [0.29, 0.717) is 24.6 Å². The van der Waals surface area contributed by atoms with Crippen molar-refractivity contribution in [2.45, 2.75) is 70.7 Å². The fraction of sp³-hybridized carbons (Fsp3) is 0.609. The summed E-state index contributed by atoms with van der Waals surface area (Å²) >= 11 is 4.96. The Kier molecular flexibility index (Phi) is 12.4. The van der Waals surface area contributed by atoms with E-state index >= 15 is 0 Å². The fourth-order valence-electron chi connectivity index (χ4n) is 3.08. The van der Waals surface area contributed by atoms with Gasteiger partial charge >= 0.3 is 0 Å². The zero-order valence-electron chi connectivity index (χ0n) is 20.6. The van der Waals surface area contributed by atoms with Crippen LogP contribution in [0.15, 0.2) is 26.7 Å². The molecule has 0 spiro atoms. The number of hydrogen-bond acceptors (Lipinski definition) is 8. The third-order valence-electron chi connectivity index (χ3n) is 4.86. The van der Waals surface area contributed by atoms with Crippen molar-refractivity contribution in [2.75, 3.05) is 25.3 Å². The number of benzene rings is 1. The Labute approximate surface area is 214 Å². The average molecular weight is 556 g/mol. The number of nitrogens with one attached hydrogen (secondary N) is 1. The number of hydrogen-bond donors (Lipinski definition) is 1. The van der Waals surface area contributed by atoms with Crippen LogP contribution in [0.5, 0.6) is 5.75 Å². The van der Waals surface area contributed by atoms with E-state index < -0.39 is 5.91 Å². The van der Waals surface area contributed by atoms with Crippen LogP contribution in [0.4, 0.5) is 5.69 Å². The molecule has 0 fully saturated rings. The Morgan fingerprint density at radius 1 is 1.24 bits per heavy atom. The summed E-state index contributed by atoms with van der Waals surface area (Å²) < 4.78 is 6.32. The number of rotatable bonds is 15. The molecule has 0 saturated carbocycles. The molecule has 2 rings (SSSR count). The second-order valence-corrected chi connectivity index (χ2v) is 10.0. The largest absolute Gasteiger partial charge is 0.494 e. The smallest absolute Gasteiger partial charge is 0.281 e. The summed E-state index contributed by atoms with van der Waals surface area (Å²) in [6.07, 6.45) is 8.91. The number of methoxy groups -OCH3 is 1. The molecule has 0 radical (unpaired) electrons. The number of aryl methyl sites for hydroxylation is 1. The number of unbranched alkanes of at least 4 members (excludes halogenated alkanes) is 5. The van der Waals surface area contributed by atoms with Crippen molar-refractivity contribution in [3.8, 4) is 5.75 Å². The minimum absolute atomic E-state index is 0.0353. The van der Waals surface area contributed by atoms with Crippen LogP contribution in [0.3, 0.4) is 0 Å². The second-order valence-electron chi connectivity index (χ2n) is 8.25. The van der Waals surface area contributed by atoms with E-state index in [0.717, 1.165) is 22.2 Å². The maximum atomic E-state index is 13.3. The van der Waals surface area contributed by atoms with Crippen LogP contribution in [-0.2, 0) is 16.2 Å². The molecule has 0 atom stereocenters. The Morgan fingerprint density at radius 3 is 2.65 bits per heavy atom. The lowest BCUT2D eigenvalue weighted by Crippen LogP contribution is -2.26. The number of aromatic nitrogens is 4. The Morgan fingerprint density at radius 2 is 1.97 bits per heavy atom. The SMILES string of the molecule is CCCCCCCCn1nnc(C(=NOCC(C)C)C(=O)Nc2c(OC)cc(Br)cc2SC)n1. The molecule has 2 aromatic rings. The number of oxime groups is 1. The number of tetrazole rings is 1. The summed E-state index contributed by atoms with van der Waals surface area (Å²) in [6.45, 7) is 7.21. The van der Waals surface area contributed by atoms with Crippen molar-refractivity contribution in [3.05, 3.63) is 22.4 Å². The highest BCUT2D eigenvalue weighted by atomic mass is 79.9. The van der Waals surface area contributed by atoms with Crippen molar-refractivity contribution >= 4 is 45.0 Å². The Bertz CT molecular complexity index is 926. The summed E-state index contributed by atoms with van der Waals surface area (Å²) in [5, 5.41) is 19.5. The maximum absolute atomic E-state index is 13.3. The van der Waals surface area contributed by atoms with Gasteiger partial charge in [0, 0.05) is 9.37 Å². The zero-order valence-corrected chi connectivity index (χ0v) is 23.0. The second kappa shape index (κ2) is 15.0. The molecule has 1 aromatic carbocycles. The molecule has 0 aliphatic heterocycles. The van der Waals surface area contributed by atoms with Crippen molar-refractivity contribution in [1.29, 1.82) is 0 Å². The molecule has 1 aromatic heterocycles. The van der Waals surface area contributed by atoms with Crippen LogP contribution in [-0.4, -0.2) is 51.8 Å². The standard InChI is InChI=1S/C23H35BrN6O3S/c1-6-7-8-9-10-11-12-30-27-22(26-29-30)21(28-33-15-16(2)3)23(31)25-20-18(32-4)13-17(24)14-19(20)34-5/h13-14,16H,6-12,15H2,1-5H3,(H,25,31). The van der Waals surface area contributed by atoms with Gasteiger partial charge in [0.1, 0.15) is 12.4 Å². The molecule has 1 amide bonds. The van der Waals surface area contributed by atoms with Gasteiger partial charge < -0.3 is 14.9 Å². The van der Waals surface area contributed by atoms with Gasteiger partial charge in [-0.2, -0.15) is 4.80 Å². The molecule has 11 heteroatoms. The van der Waals surface area contributed by atoms with Gasteiger partial charge in [-0.3, -0.25) is 4.79 Å². The summed E-state index contributed by atoms with van der Waals surface area (Å²) in [5.74, 6) is 0.390. The van der Waals surface area contributed by atoms with Crippen LogP contribution >= 0.6 is 27.7 Å². The molecule has 0 saturated heterocycles. The molecule has 1 heterocycles. The molecule has 0 aliphatic carbocycles. The first-order chi connectivity index (χ1) is 16.4. The van der Waals surface area contributed by atoms with Crippen LogP contribution in [0.2, 0.25) is 0 Å². The normalized spacial score (nSPS) is 11.7. The first-order valence-corrected chi connectivity index (χ1v) is 13.6. The minimum atomic E-state index is -0.501. The van der Waals surface area contributed by atoms with E-state index in [1.165, 1.54) is 42.2 Å². The highest BCUT2D eigenvalue weighted by Gasteiger charge is 2.24. The van der Waals surface area contributed by atoms with Gasteiger partial charge in [0.25, 0.3) is 5.91 Å². The van der Waals surface area contributed by atoms with E-state index in [2.05, 4.69) is 48.7 Å². The summed E-state index contributed by atoms with van der Waals surface area (Å²) in [4.78, 5) is 21.0. The van der Waals surface area contributed by atoms with Crippen LogP contribution in [0, 0.1) is 5.92 Å². The van der Waals surface area contributed by atoms with Crippen molar-refractivity contribution < 1.29 is 14.4 Å². The highest BCUT2D eigenvalue weighted by molar-refractivity contribution is 9.10. The van der Waals surface area contributed by atoms with Crippen LogP contribution in [0.25, 0.3) is 0 Å². The number of amides is 1. The quantitative estimate of drug-likeness (QED) is 0.133. The molecular weight excluding hydrogens is 520 g/mol. The molecule has 1 N–H and O–H groups in total. The predicted molar refractivity (Wildman–Crippen MR) is 140 cm³/mol. The number of thioether (sulfide) groups is 1. The molecule has 0 unspecified atom stereocenters. The lowest BCUT2D eigenvalue weighted by atomic mass is 10.1. The number of anilines is 1. The van der Waals surface area contributed by atoms with Crippen LogP contribution in [0.1, 0.15) is 65.1 Å². The number of nitrogens with zero attached hydrogens (tertiary/aromatic N) is 5.